The van der Waals surface area contributed by atoms with Gasteiger partial charge in [-0.3, -0.25) is 14.4 Å². The van der Waals surface area contributed by atoms with Gasteiger partial charge < -0.3 is 9.64 Å². The number of hydrogen-bond acceptors (Lipinski definition) is 5. The topological polar surface area (TPSA) is 84.0 Å². The zero-order chi connectivity index (χ0) is 24.9. The van der Waals surface area contributed by atoms with Gasteiger partial charge in [-0.15, -0.1) is 0 Å². The van der Waals surface area contributed by atoms with Gasteiger partial charge in [-0.25, -0.2) is 14.1 Å². The Hall–Kier alpha value is -3.55. The summed E-state index contributed by atoms with van der Waals surface area (Å²) in [5.74, 6) is -2.19. The van der Waals surface area contributed by atoms with Crippen LogP contribution in [0, 0.1) is 5.82 Å². The number of esters is 1. The monoisotopic (exact) mass is 480 g/mol. The van der Waals surface area contributed by atoms with E-state index in [0.717, 1.165) is 43.4 Å². The molecule has 2 aromatic carbocycles. The standard InChI is InChI=1S/C27H29FN2O5/c1-2-35-27(34)19-11-15-22(16-12-19)30-24(31)17-23(26(30)33)29(21-7-5-3-4-6-8-21)25(32)18-9-13-20(28)14-10-18/h9-16,21,23H,2-8,17H2,1H3. The molecule has 1 saturated heterocycles. The summed E-state index contributed by atoms with van der Waals surface area (Å²) in [6.07, 6.45) is 5.37. The molecule has 2 fully saturated rings. The van der Waals surface area contributed by atoms with Crippen molar-refractivity contribution >= 4 is 29.4 Å². The molecule has 0 bridgehead atoms. The smallest absolute Gasteiger partial charge is 0.338 e. The molecule has 2 aliphatic rings. The van der Waals surface area contributed by atoms with Crippen LogP contribution in [0.2, 0.25) is 0 Å². The summed E-state index contributed by atoms with van der Waals surface area (Å²) < 4.78 is 18.5. The van der Waals surface area contributed by atoms with Crippen molar-refractivity contribution in [2.24, 2.45) is 0 Å². The zero-order valence-corrected chi connectivity index (χ0v) is 19.7. The molecule has 1 heterocycles. The number of nitrogens with zero attached hydrogens (tertiary/aromatic N) is 2. The summed E-state index contributed by atoms with van der Waals surface area (Å²) in [4.78, 5) is 54.7. The lowest BCUT2D eigenvalue weighted by atomic mass is 10.0. The molecule has 4 rings (SSSR count). The molecular formula is C27H29FN2O5. The van der Waals surface area contributed by atoms with Crippen molar-refractivity contribution < 1.29 is 28.3 Å². The minimum absolute atomic E-state index is 0.123. The molecule has 7 nitrogen and oxygen atoms in total. The Labute approximate surface area is 203 Å². The zero-order valence-electron chi connectivity index (χ0n) is 19.7. The van der Waals surface area contributed by atoms with Crippen molar-refractivity contribution in [1.29, 1.82) is 0 Å². The van der Waals surface area contributed by atoms with Crippen molar-refractivity contribution in [2.75, 3.05) is 11.5 Å². The number of rotatable bonds is 6. The van der Waals surface area contributed by atoms with Gasteiger partial charge in [0.2, 0.25) is 5.91 Å². The van der Waals surface area contributed by atoms with Gasteiger partial charge in [0.05, 0.1) is 24.3 Å². The molecule has 0 N–H and O–H groups in total. The van der Waals surface area contributed by atoms with Crippen molar-refractivity contribution in [3.63, 3.8) is 0 Å². The molecule has 1 saturated carbocycles. The number of carbonyl (C=O) groups is 4. The molecule has 0 spiro atoms. The summed E-state index contributed by atoms with van der Waals surface area (Å²) in [6, 6.07) is 10.2. The predicted molar refractivity (Wildman–Crippen MR) is 127 cm³/mol. The Morgan fingerprint density at radius 2 is 1.54 bits per heavy atom. The summed E-state index contributed by atoms with van der Waals surface area (Å²) >= 11 is 0. The van der Waals surface area contributed by atoms with E-state index in [1.807, 2.05) is 0 Å². The molecule has 1 aliphatic heterocycles. The number of ether oxygens (including phenoxy) is 1. The Morgan fingerprint density at radius 1 is 0.943 bits per heavy atom. The van der Waals surface area contributed by atoms with E-state index in [1.54, 1.807) is 11.8 Å². The SMILES string of the molecule is CCOC(=O)c1ccc(N2C(=O)CC(N(C(=O)c3ccc(F)cc3)C3CCCCCC3)C2=O)cc1. The lowest BCUT2D eigenvalue weighted by Gasteiger charge is -2.35. The lowest BCUT2D eigenvalue weighted by molar-refractivity contribution is -0.123. The van der Waals surface area contributed by atoms with Crippen LogP contribution in [0.1, 0.15) is 72.6 Å². The van der Waals surface area contributed by atoms with Crippen LogP contribution >= 0.6 is 0 Å². The highest BCUT2D eigenvalue weighted by Crippen LogP contribution is 2.32. The van der Waals surface area contributed by atoms with Crippen LogP contribution in [0.3, 0.4) is 0 Å². The minimum atomic E-state index is -0.937. The van der Waals surface area contributed by atoms with Gasteiger partial charge in [0.1, 0.15) is 11.9 Å². The normalized spacial score (nSPS) is 18.9. The van der Waals surface area contributed by atoms with Gasteiger partial charge in [0.15, 0.2) is 0 Å². The second kappa shape index (κ2) is 10.8. The highest BCUT2D eigenvalue weighted by molar-refractivity contribution is 6.23. The van der Waals surface area contributed by atoms with Crippen LogP contribution < -0.4 is 4.90 Å². The van der Waals surface area contributed by atoms with E-state index >= 15 is 0 Å². The Kier molecular flexibility index (Phi) is 7.58. The first-order valence-electron chi connectivity index (χ1n) is 12.1. The molecule has 0 radical (unpaired) electrons. The lowest BCUT2D eigenvalue weighted by Crippen LogP contribution is -2.50. The van der Waals surface area contributed by atoms with E-state index in [0.29, 0.717) is 11.3 Å². The highest BCUT2D eigenvalue weighted by Gasteiger charge is 2.46. The van der Waals surface area contributed by atoms with Crippen molar-refractivity contribution in [1.82, 2.24) is 4.90 Å². The summed E-state index contributed by atoms with van der Waals surface area (Å²) in [5.41, 5.74) is 0.941. The third-order valence-corrected chi connectivity index (χ3v) is 6.64. The van der Waals surface area contributed by atoms with E-state index in [-0.39, 0.29) is 30.5 Å². The fourth-order valence-corrected chi connectivity index (χ4v) is 4.90. The number of imide groups is 1. The quantitative estimate of drug-likeness (QED) is 0.345. The number of carbonyl (C=O) groups excluding carboxylic acids is 4. The number of hydrogen-bond donors (Lipinski definition) is 0. The second-order valence-corrected chi connectivity index (χ2v) is 8.92. The van der Waals surface area contributed by atoms with Crippen LogP contribution in [-0.2, 0) is 14.3 Å². The van der Waals surface area contributed by atoms with Gasteiger partial charge in [0, 0.05) is 11.6 Å². The average Bonchev–Trinajstić information content (AvgIpc) is 3.01. The van der Waals surface area contributed by atoms with Crippen LogP contribution in [0.4, 0.5) is 10.1 Å². The first-order valence-corrected chi connectivity index (χ1v) is 12.1. The maximum Gasteiger partial charge on any atom is 0.338 e. The van der Waals surface area contributed by atoms with E-state index in [9.17, 15) is 23.6 Å². The summed E-state index contributed by atoms with van der Waals surface area (Å²) in [6.45, 7) is 1.95. The van der Waals surface area contributed by atoms with Crippen molar-refractivity contribution in [2.45, 2.75) is 64.0 Å². The Morgan fingerprint density at radius 3 is 2.14 bits per heavy atom. The maximum absolute atomic E-state index is 13.6. The number of amides is 3. The average molecular weight is 481 g/mol. The Bertz CT molecular complexity index is 1090. The van der Waals surface area contributed by atoms with Gasteiger partial charge in [0.25, 0.3) is 11.8 Å². The van der Waals surface area contributed by atoms with Crippen LogP contribution in [-0.4, -0.2) is 47.3 Å². The van der Waals surface area contributed by atoms with Gasteiger partial charge in [-0.05, 0) is 68.3 Å². The van der Waals surface area contributed by atoms with Crippen molar-refractivity contribution in [3.8, 4) is 0 Å². The highest BCUT2D eigenvalue weighted by atomic mass is 19.1. The molecule has 35 heavy (non-hydrogen) atoms. The summed E-state index contributed by atoms with van der Waals surface area (Å²) in [5, 5.41) is 0. The number of anilines is 1. The van der Waals surface area contributed by atoms with Gasteiger partial charge in [-0.2, -0.15) is 0 Å². The third kappa shape index (κ3) is 5.26. The first kappa shape index (κ1) is 24.6. The maximum atomic E-state index is 13.6. The molecule has 8 heteroatoms. The number of halogens is 1. The number of benzene rings is 2. The minimum Gasteiger partial charge on any atom is -0.462 e. The fraction of sp³-hybridized carbons (Fsp3) is 0.407. The molecule has 2 aromatic rings. The molecule has 0 aromatic heterocycles. The van der Waals surface area contributed by atoms with Crippen molar-refractivity contribution in [3.05, 3.63) is 65.5 Å². The van der Waals surface area contributed by atoms with E-state index in [4.69, 9.17) is 4.74 Å². The molecule has 1 aliphatic carbocycles. The largest absolute Gasteiger partial charge is 0.462 e. The molecular weight excluding hydrogens is 451 g/mol. The fourth-order valence-electron chi connectivity index (χ4n) is 4.90. The summed E-state index contributed by atoms with van der Waals surface area (Å²) in [7, 11) is 0. The predicted octanol–water partition coefficient (Wildman–Crippen LogP) is 4.50. The van der Waals surface area contributed by atoms with Gasteiger partial charge >= 0.3 is 5.97 Å². The molecule has 3 amide bonds. The van der Waals surface area contributed by atoms with Crippen LogP contribution in [0.15, 0.2) is 48.5 Å². The third-order valence-electron chi connectivity index (χ3n) is 6.64. The molecule has 1 unspecified atom stereocenters. The van der Waals surface area contributed by atoms with Crippen LogP contribution in [0.25, 0.3) is 0 Å². The van der Waals surface area contributed by atoms with E-state index < -0.39 is 29.6 Å². The second-order valence-electron chi connectivity index (χ2n) is 8.92. The molecule has 1 atom stereocenters. The molecule has 184 valence electrons. The van der Waals surface area contributed by atoms with Gasteiger partial charge in [-0.1, -0.05) is 25.7 Å². The van der Waals surface area contributed by atoms with E-state index in [2.05, 4.69) is 0 Å². The van der Waals surface area contributed by atoms with Crippen LogP contribution in [0.5, 0.6) is 0 Å². The van der Waals surface area contributed by atoms with E-state index in [1.165, 1.54) is 48.5 Å². The first-order chi connectivity index (χ1) is 16.9. The Balaban J connectivity index is 1.63.